The molecule has 1 atom stereocenters. The van der Waals surface area contributed by atoms with Crippen LogP contribution < -0.4 is 5.32 Å². The first-order chi connectivity index (χ1) is 12.7. The molecule has 0 saturated carbocycles. The average molecular weight is 385 g/mol. The van der Waals surface area contributed by atoms with Crippen LogP contribution in [0.25, 0.3) is 0 Å². The van der Waals surface area contributed by atoms with Crippen molar-refractivity contribution in [2.24, 2.45) is 0 Å². The lowest BCUT2D eigenvalue weighted by molar-refractivity contribution is 0.0921. The number of nitrogens with zero attached hydrogens (tertiary/aromatic N) is 1. The Hall–Kier alpha value is -2.15. The lowest BCUT2D eigenvalue weighted by atomic mass is 9.92. The van der Waals surface area contributed by atoms with Crippen molar-refractivity contribution in [1.29, 1.82) is 0 Å². The minimum Gasteiger partial charge on any atom is -0.390 e. The van der Waals surface area contributed by atoms with Gasteiger partial charge in [0, 0.05) is 17.7 Å². The van der Waals surface area contributed by atoms with E-state index in [9.17, 15) is 9.90 Å². The summed E-state index contributed by atoms with van der Waals surface area (Å²) in [5.74, 6) is -0.00708. The molecular weight excluding hydrogens is 364 g/mol. The van der Waals surface area contributed by atoms with Gasteiger partial charge in [0.25, 0.3) is 5.91 Å². The molecule has 1 unspecified atom stereocenters. The van der Waals surface area contributed by atoms with E-state index >= 15 is 0 Å². The molecule has 0 bridgehead atoms. The Kier molecular flexibility index (Phi) is 6.44. The maximum Gasteiger partial charge on any atom is 0.270 e. The van der Waals surface area contributed by atoms with Gasteiger partial charge >= 0.3 is 0 Å². The van der Waals surface area contributed by atoms with Crippen molar-refractivity contribution < 1.29 is 9.90 Å². The number of benzene rings is 2. The van der Waals surface area contributed by atoms with E-state index in [2.05, 4.69) is 47.2 Å². The fraction of sp³-hybridized carbons (Fsp3) is 0.200. The molecule has 0 saturated heterocycles. The van der Waals surface area contributed by atoms with E-state index in [4.69, 9.17) is 0 Å². The van der Waals surface area contributed by atoms with Crippen LogP contribution in [0.15, 0.2) is 66.0 Å². The number of aromatic nitrogens is 1. The Bertz CT molecular complexity index is 798. The highest BCUT2D eigenvalue weighted by Crippen LogP contribution is 2.33. The van der Waals surface area contributed by atoms with E-state index in [0.717, 1.165) is 16.1 Å². The van der Waals surface area contributed by atoms with Crippen LogP contribution in [0.4, 0.5) is 0 Å². The maximum absolute atomic E-state index is 12.3. The molecular formula is C20H20N2O2S2. The van der Waals surface area contributed by atoms with Crippen LogP contribution in [-0.2, 0) is 0 Å². The Morgan fingerprint density at radius 3 is 2.19 bits per heavy atom. The lowest BCUT2D eigenvalue weighted by Gasteiger charge is -2.15. The van der Waals surface area contributed by atoms with E-state index in [-0.39, 0.29) is 18.4 Å². The number of thiol groups is 1. The van der Waals surface area contributed by atoms with Crippen molar-refractivity contribution in [2.45, 2.75) is 12.0 Å². The molecule has 0 fully saturated rings. The number of thiazole rings is 1. The molecule has 3 aromatic rings. The van der Waals surface area contributed by atoms with Crippen molar-refractivity contribution in [1.82, 2.24) is 10.3 Å². The smallest absolute Gasteiger partial charge is 0.270 e. The predicted molar refractivity (Wildman–Crippen MR) is 108 cm³/mol. The molecule has 3 rings (SSSR count). The summed E-state index contributed by atoms with van der Waals surface area (Å²) in [4.78, 5) is 16.8. The van der Waals surface area contributed by atoms with Gasteiger partial charge in [-0.3, -0.25) is 4.79 Å². The standard InChI is InChI=1S/C20H20N2O2S2/c23-16(12-25)11-21-19(24)17-13-26-20(22-17)18(14-7-3-1-4-8-14)15-9-5-2-6-10-15/h1-10,13,16,18,23,25H,11-12H2,(H,21,24). The SMILES string of the molecule is O=C(NCC(O)CS)c1csc(C(c2ccccc2)c2ccccc2)n1. The van der Waals surface area contributed by atoms with Crippen molar-refractivity contribution in [3.8, 4) is 0 Å². The van der Waals surface area contributed by atoms with Gasteiger partial charge in [0.15, 0.2) is 0 Å². The van der Waals surface area contributed by atoms with Gasteiger partial charge in [0.2, 0.25) is 0 Å². The number of amides is 1. The molecule has 4 nitrogen and oxygen atoms in total. The number of aliphatic hydroxyl groups excluding tert-OH is 1. The fourth-order valence-electron chi connectivity index (χ4n) is 2.66. The largest absolute Gasteiger partial charge is 0.390 e. The number of hydrogen-bond acceptors (Lipinski definition) is 5. The second-order valence-electron chi connectivity index (χ2n) is 5.87. The Morgan fingerprint density at radius 2 is 1.65 bits per heavy atom. The zero-order valence-corrected chi connectivity index (χ0v) is 15.8. The highest BCUT2D eigenvalue weighted by molar-refractivity contribution is 7.80. The van der Waals surface area contributed by atoms with Gasteiger partial charge in [-0.15, -0.1) is 11.3 Å². The minimum atomic E-state index is -0.665. The maximum atomic E-state index is 12.3. The lowest BCUT2D eigenvalue weighted by Crippen LogP contribution is -2.33. The molecule has 26 heavy (non-hydrogen) atoms. The van der Waals surface area contributed by atoms with Gasteiger partial charge in [-0.25, -0.2) is 4.98 Å². The second kappa shape index (κ2) is 8.98. The number of carbonyl (C=O) groups excluding carboxylic acids is 1. The van der Waals surface area contributed by atoms with Gasteiger partial charge in [-0.05, 0) is 11.1 Å². The Balaban J connectivity index is 1.87. The van der Waals surface area contributed by atoms with Gasteiger partial charge < -0.3 is 10.4 Å². The zero-order chi connectivity index (χ0) is 18.4. The van der Waals surface area contributed by atoms with E-state index in [1.54, 1.807) is 5.38 Å². The van der Waals surface area contributed by atoms with E-state index in [0.29, 0.717) is 11.4 Å². The van der Waals surface area contributed by atoms with Gasteiger partial charge in [-0.1, -0.05) is 60.7 Å². The zero-order valence-electron chi connectivity index (χ0n) is 14.1. The first-order valence-corrected chi connectivity index (χ1v) is 9.82. The summed E-state index contributed by atoms with van der Waals surface area (Å²) in [7, 11) is 0. The molecule has 0 aliphatic heterocycles. The highest BCUT2D eigenvalue weighted by Gasteiger charge is 2.21. The van der Waals surface area contributed by atoms with Crippen LogP contribution in [0.1, 0.15) is 32.5 Å². The Morgan fingerprint density at radius 1 is 1.08 bits per heavy atom. The van der Waals surface area contributed by atoms with E-state index in [1.807, 2.05) is 36.4 Å². The summed E-state index contributed by atoms with van der Waals surface area (Å²) in [5, 5.41) is 14.8. The molecule has 1 amide bonds. The molecule has 2 aromatic carbocycles. The first kappa shape index (κ1) is 18.6. The molecule has 0 aliphatic carbocycles. The number of nitrogens with one attached hydrogen (secondary N) is 1. The Labute approximate surface area is 162 Å². The third-order valence-corrected chi connectivity index (χ3v) is 5.31. The summed E-state index contributed by atoms with van der Waals surface area (Å²) in [5.41, 5.74) is 2.63. The van der Waals surface area contributed by atoms with Crippen LogP contribution in [0.2, 0.25) is 0 Å². The van der Waals surface area contributed by atoms with Gasteiger partial charge in [0.05, 0.1) is 12.0 Å². The summed E-state index contributed by atoms with van der Waals surface area (Å²) in [6, 6.07) is 20.3. The number of rotatable bonds is 7. The summed E-state index contributed by atoms with van der Waals surface area (Å²) < 4.78 is 0. The summed E-state index contributed by atoms with van der Waals surface area (Å²) in [6.07, 6.45) is -0.665. The van der Waals surface area contributed by atoms with Crippen LogP contribution in [0, 0.1) is 0 Å². The van der Waals surface area contributed by atoms with Crippen LogP contribution in [-0.4, -0.2) is 34.4 Å². The van der Waals surface area contributed by atoms with Gasteiger partial charge in [0.1, 0.15) is 10.7 Å². The van der Waals surface area contributed by atoms with E-state index in [1.165, 1.54) is 11.3 Å². The molecule has 6 heteroatoms. The van der Waals surface area contributed by atoms with Crippen molar-refractivity contribution in [3.63, 3.8) is 0 Å². The molecule has 0 radical (unpaired) electrons. The number of carbonyl (C=O) groups is 1. The summed E-state index contributed by atoms with van der Waals surface area (Å²) >= 11 is 5.47. The van der Waals surface area contributed by atoms with Crippen LogP contribution in [0.3, 0.4) is 0 Å². The minimum absolute atomic E-state index is 0.0213. The highest BCUT2D eigenvalue weighted by atomic mass is 32.1. The average Bonchev–Trinajstić information content (AvgIpc) is 3.17. The van der Waals surface area contributed by atoms with Crippen LogP contribution in [0.5, 0.6) is 0 Å². The third-order valence-electron chi connectivity index (χ3n) is 3.98. The monoisotopic (exact) mass is 384 g/mol. The van der Waals surface area contributed by atoms with Crippen LogP contribution >= 0.6 is 24.0 Å². The van der Waals surface area contributed by atoms with Crippen molar-refractivity contribution in [3.05, 3.63) is 87.9 Å². The topological polar surface area (TPSA) is 62.2 Å². The first-order valence-electron chi connectivity index (χ1n) is 8.31. The fourth-order valence-corrected chi connectivity index (χ4v) is 3.74. The normalized spacial score (nSPS) is 12.1. The number of hydrogen-bond donors (Lipinski definition) is 3. The van der Waals surface area contributed by atoms with E-state index < -0.39 is 6.10 Å². The molecule has 134 valence electrons. The second-order valence-corrected chi connectivity index (χ2v) is 7.13. The molecule has 2 N–H and O–H groups in total. The molecule has 0 aliphatic rings. The van der Waals surface area contributed by atoms with Gasteiger partial charge in [-0.2, -0.15) is 12.6 Å². The summed E-state index contributed by atoms with van der Waals surface area (Å²) in [6.45, 7) is 0.163. The van der Waals surface area contributed by atoms with Crippen molar-refractivity contribution in [2.75, 3.05) is 12.3 Å². The third kappa shape index (κ3) is 4.52. The number of aliphatic hydroxyl groups is 1. The van der Waals surface area contributed by atoms with Crippen molar-refractivity contribution >= 4 is 29.9 Å². The predicted octanol–water partition coefficient (Wildman–Crippen LogP) is 3.34. The molecule has 1 heterocycles. The molecule has 0 spiro atoms. The quantitative estimate of drug-likeness (QED) is 0.548. The molecule has 1 aromatic heterocycles.